The molecular weight excluding hydrogens is 298 g/mol. The van der Waals surface area contributed by atoms with Crippen LogP contribution in [0.25, 0.3) is 0 Å². The van der Waals surface area contributed by atoms with Crippen molar-refractivity contribution in [2.45, 2.75) is 37.8 Å². The SMILES string of the molecule is CCN1CCC2(CC1)O[C@@H](c1ccccc1)[C@H](c1ccccc1)O2. The zero-order valence-electron chi connectivity index (χ0n) is 14.2. The second-order valence-electron chi connectivity index (χ2n) is 6.74. The fourth-order valence-corrected chi connectivity index (χ4v) is 3.83. The van der Waals surface area contributed by atoms with Gasteiger partial charge in [-0.05, 0) is 17.7 Å². The lowest BCUT2D eigenvalue weighted by Crippen LogP contribution is -2.45. The smallest absolute Gasteiger partial charge is 0.172 e. The standard InChI is InChI=1S/C21H25NO2/c1-2-22-15-13-21(14-16-22)23-19(17-9-5-3-6-10-17)20(24-21)18-11-7-4-8-12-18/h3-12,19-20H,2,13-16H2,1H3/t19-,20-/m0/s1. The number of hydrogen-bond acceptors (Lipinski definition) is 3. The lowest BCUT2D eigenvalue weighted by atomic mass is 9.99. The van der Waals surface area contributed by atoms with Crippen molar-refractivity contribution in [1.82, 2.24) is 4.90 Å². The van der Waals surface area contributed by atoms with Gasteiger partial charge in [0.2, 0.25) is 0 Å². The van der Waals surface area contributed by atoms with Crippen molar-refractivity contribution in [2.75, 3.05) is 19.6 Å². The van der Waals surface area contributed by atoms with Crippen molar-refractivity contribution < 1.29 is 9.47 Å². The van der Waals surface area contributed by atoms with Crippen LogP contribution in [0.4, 0.5) is 0 Å². The van der Waals surface area contributed by atoms with Crippen molar-refractivity contribution in [3.8, 4) is 0 Å². The number of ether oxygens (including phenoxy) is 2. The van der Waals surface area contributed by atoms with E-state index in [4.69, 9.17) is 9.47 Å². The van der Waals surface area contributed by atoms with Gasteiger partial charge in [0, 0.05) is 25.9 Å². The second-order valence-corrected chi connectivity index (χ2v) is 6.74. The van der Waals surface area contributed by atoms with Crippen LogP contribution in [-0.4, -0.2) is 30.3 Å². The minimum Gasteiger partial charge on any atom is -0.339 e. The van der Waals surface area contributed by atoms with E-state index in [0.29, 0.717) is 0 Å². The van der Waals surface area contributed by atoms with Gasteiger partial charge in [0.15, 0.2) is 5.79 Å². The molecule has 3 nitrogen and oxygen atoms in total. The van der Waals surface area contributed by atoms with Gasteiger partial charge in [-0.15, -0.1) is 0 Å². The molecule has 3 heteroatoms. The molecule has 4 rings (SSSR count). The van der Waals surface area contributed by atoms with Crippen LogP contribution >= 0.6 is 0 Å². The van der Waals surface area contributed by atoms with Crippen LogP contribution in [-0.2, 0) is 9.47 Å². The van der Waals surface area contributed by atoms with Crippen LogP contribution < -0.4 is 0 Å². The van der Waals surface area contributed by atoms with Crippen LogP contribution in [0.2, 0.25) is 0 Å². The average Bonchev–Trinajstić information content (AvgIpc) is 3.03. The van der Waals surface area contributed by atoms with Crippen LogP contribution in [0, 0.1) is 0 Å². The highest BCUT2D eigenvalue weighted by molar-refractivity contribution is 5.26. The van der Waals surface area contributed by atoms with Crippen molar-refractivity contribution in [1.29, 1.82) is 0 Å². The zero-order chi connectivity index (χ0) is 16.4. The van der Waals surface area contributed by atoms with E-state index in [2.05, 4.69) is 60.4 Å². The third kappa shape index (κ3) is 3.00. The van der Waals surface area contributed by atoms with Crippen molar-refractivity contribution in [2.24, 2.45) is 0 Å². The molecule has 2 fully saturated rings. The summed E-state index contributed by atoms with van der Waals surface area (Å²) in [7, 11) is 0. The molecule has 0 bridgehead atoms. The topological polar surface area (TPSA) is 21.7 Å². The highest BCUT2D eigenvalue weighted by Gasteiger charge is 2.49. The fourth-order valence-electron chi connectivity index (χ4n) is 3.83. The lowest BCUT2D eigenvalue weighted by molar-refractivity contribution is -0.202. The van der Waals surface area contributed by atoms with Crippen molar-refractivity contribution in [3.63, 3.8) is 0 Å². The summed E-state index contributed by atoms with van der Waals surface area (Å²) in [4.78, 5) is 2.46. The van der Waals surface area contributed by atoms with Crippen LogP contribution in [0.5, 0.6) is 0 Å². The summed E-state index contributed by atoms with van der Waals surface area (Å²) in [5, 5.41) is 0. The maximum absolute atomic E-state index is 6.59. The molecule has 0 N–H and O–H groups in total. The third-order valence-corrected chi connectivity index (χ3v) is 5.28. The maximum Gasteiger partial charge on any atom is 0.172 e. The summed E-state index contributed by atoms with van der Waals surface area (Å²) in [6, 6.07) is 21.0. The van der Waals surface area contributed by atoms with Crippen LogP contribution in [0.3, 0.4) is 0 Å². The van der Waals surface area contributed by atoms with Crippen LogP contribution in [0.1, 0.15) is 43.1 Å². The zero-order valence-corrected chi connectivity index (χ0v) is 14.2. The van der Waals surface area contributed by atoms with Gasteiger partial charge in [0.25, 0.3) is 0 Å². The number of likely N-dealkylation sites (tertiary alicyclic amines) is 1. The van der Waals surface area contributed by atoms with E-state index in [0.717, 1.165) is 32.5 Å². The molecule has 24 heavy (non-hydrogen) atoms. The monoisotopic (exact) mass is 323 g/mol. The summed E-state index contributed by atoms with van der Waals surface area (Å²) < 4.78 is 13.2. The van der Waals surface area contributed by atoms with E-state index in [-0.39, 0.29) is 12.2 Å². The van der Waals surface area contributed by atoms with E-state index in [9.17, 15) is 0 Å². The van der Waals surface area contributed by atoms with E-state index >= 15 is 0 Å². The summed E-state index contributed by atoms with van der Waals surface area (Å²) in [5.74, 6) is -0.438. The minimum atomic E-state index is -0.438. The van der Waals surface area contributed by atoms with Gasteiger partial charge in [0.1, 0.15) is 12.2 Å². The maximum atomic E-state index is 6.59. The van der Waals surface area contributed by atoms with Gasteiger partial charge < -0.3 is 14.4 Å². The number of nitrogens with zero attached hydrogens (tertiary/aromatic N) is 1. The molecule has 2 aromatic rings. The predicted molar refractivity (Wildman–Crippen MR) is 94.6 cm³/mol. The molecule has 0 radical (unpaired) electrons. The molecule has 0 aliphatic carbocycles. The molecule has 0 saturated carbocycles. The van der Waals surface area contributed by atoms with E-state index in [1.54, 1.807) is 0 Å². The molecule has 1 spiro atoms. The van der Waals surface area contributed by atoms with E-state index in [1.165, 1.54) is 11.1 Å². The Morgan fingerprint density at radius 1 is 0.833 bits per heavy atom. The average molecular weight is 323 g/mol. The summed E-state index contributed by atoms with van der Waals surface area (Å²) in [6.45, 7) is 5.40. The molecule has 2 saturated heterocycles. The molecule has 0 unspecified atom stereocenters. The van der Waals surface area contributed by atoms with Crippen LogP contribution in [0.15, 0.2) is 60.7 Å². The number of hydrogen-bond donors (Lipinski definition) is 0. The summed E-state index contributed by atoms with van der Waals surface area (Å²) in [6.07, 6.45) is 1.80. The molecular formula is C21H25NO2. The van der Waals surface area contributed by atoms with Crippen molar-refractivity contribution >= 4 is 0 Å². The minimum absolute atomic E-state index is 0.0400. The molecule has 2 aromatic carbocycles. The Morgan fingerprint density at radius 2 is 1.29 bits per heavy atom. The molecule has 2 heterocycles. The van der Waals surface area contributed by atoms with Gasteiger partial charge in [-0.25, -0.2) is 0 Å². The molecule has 0 aromatic heterocycles. The normalized spacial score (nSPS) is 26.7. The first-order valence-corrected chi connectivity index (χ1v) is 8.97. The lowest BCUT2D eigenvalue weighted by Gasteiger charge is -2.37. The predicted octanol–water partition coefficient (Wildman–Crippen LogP) is 4.33. The van der Waals surface area contributed by atoms with Gasteiger partial charge in [0.05, 0.1) is 0 Å². The van der Waals surface area contributed by atoms with Gasteiger partial charge in [-0.2, -0.15) is 0 Å². The van der Waals surface area contributed by atoms with E-state index < -0.39 is 5.79 Å². The summed E-state index contributed by atoms with van der Waals surface area (Å²) >= 11 is 0. The largest absolute Gasteiger partial charge is 0.339 e. The molecule has 2 atom stereocenters. The third-order valence-electron chi connectivity index (χ3n) is 5.28. The first-order chi connectivity index (χ1) is 11.8. The molecule has 2 aliphatic heterocycles. The quantitative estimate of drug-likeness (QED) is 0.839. The Kier molecular flexibility index (Phi) is 4.40. The highest BCUT2D eigenvalue weighted by atomic mass is 16.8. The number of benzene rings is 2. The Bertz CT molecular complexity index is 601. The number of piperidine rings is 1. The molecule has 0 amide bonds. The Labute approximate surface area is 144 Å². The summed E-state index contributed by atoms with van der Waals surface area (Å²) in [5.41, 5.74) is 2.39. The van der Waals surface area contributed by atoms with Crippen molar-refractivity contribution in [3.05, 3.63) is 71.8 Å². The fraction of sp³-hybridized carbons (Fsp3) is 0.429. The Morgan fingerprint density at radius 3 is 1.71 bits per heavy atom. The highest BCUT2D eigenvalue weighted by Crippen LogP contribution is 2.50. The Balaban J connectivity index is 1.63. The first-order valence-electron chi connectivity index (χ1n) is 8.97. The second kappa shape index (κ2) is 6.67. The number of rotatable bonds is 3. The first kappa shape index (κ1) is 15.8. The molecule has 126 valence electrons. The molecule has 2 aliphatic rings. The van der Waals surface area contributed by atoms with E-state index in [1.807, 2.05) is 12.1 Å². The van der Waals surface area contributed by atoms with Gasteiger partial charge in [-0.3, -0.25) is 0 Å². The van der Waals surface area contributed by atoms with Gasteiger partial charge >= 0.3 is 0 Å². The Hall–Kier alpha value is -1.68. The van der Waals surface area contributed by atoms with Gasteiger partial charge in [-0.1, -0.05) is 67.6 Å².